The van der Waals surface area contributed by atoms with Crippen molar-refractivity contribution < 1.29 is 0 Å². The Balaban J connectivity index is 2.12. The molecule has 0 bridgehead atoms. The molecule has 1 rings (SSSR count). The lowest BCUT2D eigenvalue weighted by Gasteiger charge is -2.13. The lowest BCUT2D eigenvalue weighted by atomic mass is 10.1. The molecule has 0 amide bonds. The van der Waals surface area contributed by atoms with Gasteiger partial charge in [-0.3, -0.25) is 0 Å². The normalized spacial score (nSPS) is 25.0. The van der Waals surface area contributed by atoms with Crippen LogP contribution >= 0.6 is 0 Å². The Bertz CT molecular complexity index is 67.3. The molecule has 0 spiro atoms. The second-order valence-electron chi connectivity index (χ2n) is 2.79. The molecule has 0 atom stereocenters. The zero-order valence-electron chi connectivity index (χ0n) is 5.90. The van der Waals surface area contributed by atoms with E-state index in [0.717, 1.165) is 0 Å². The molecular weight excluding hydrogens is 126 g/mol. The molecule has 52 valence electrons. The molecular formula is C7H15NSi. The third-order valence-corrected chi connectivity index (χ3v) is 3.27. The van der Waals surface area contributed by atoms with Crippen LogP contribution in [0.15, 0.2) is 0 Å². The van der Waals surface area contributed by atoms with Crippen LogP contribution in [-0.4, -0.2) is 15.6 Å². The van der Waals surface area contributed by atoms with Crippen molar-refractivity contribution >= 4 is 9.52 Å². The van der Waals surface area contributed by atoms with E-state index in [1.54, 1.807) is 0 Å². The molecule has 0 aromatic carbocycles. The third kappa shape index (κ3) is 3.01. The molecule has 2 heteroatoms. The maximum atomic E-state index is 5.81. The lowest BCUT2D eigenvalue weighted by molar-refractivity contribution is 0.543. The number of nitrogens with two attached hydrogens (primary N) is 1. The molecule has 0 aromatic rings. The van der Waals surface area contributed by atoms with Crippen LogP contribution in [-0.2, 0) is 0 Å². The van der Waals surface area contributed by atoms with E-state index in [9.17, 15) is 0 Å². The summed E-state index contributed by atoms with van der Waals surface area (Å²) >= 11 is 0. The first-order valence-corrected chi connectivity index (χ1v) is 5.27. The van der Waals surface area contributed by atoms with Crippen molar-refractivity contribution in [2.45, 2.75) is 43.8 Å². The summed E-state index contributed by atoms with van der Waals surface area (Å²) in [5.74, 6) is 0. The van der Waals surface area contributed by atoms with Gasteiger partial charge in [-0.15, -0.1) is 0 Å². The van der Waals surface area contributed by atoms with Crippen LogP contribution in [0.25, 0.3) is 0 Å². The average molecular weight is 141 g/mol. The molecule has 9 heavy (non-hydrogen) atoms. The fourth-order valence-corrected chi connectivity index (χ4v) is 2.41. The molecule has 1 fully saturated rings. The summed E-state index contributed by atoms with van der Waals surface area (Å²) in [4.78, 5) is 0. The zero-order valence-corrected chi connectivity index (χ0v) is 6.90. The number of hydrogen-bond donors (Lipinski definition) is 1. The van der Waals surface area contributed by atoms with Crippen LogP contribution in [0.4, 0.5) is 0 Å². The van der Waals surface area contributed by atoms with E-state index in [1.807, 2.05) is 0 Å². The maximum Gasteiger partial charge on any atom is 0.0378 e. The van der Waals surface area contributed by atoms with E-state index in [-0.39, 0.29) is 0 Å². The highest BCUT2D eigenvalue weighted by Crippen LogP contribution is 2.11. The Morgan fingerprint density at radius 3 is 2.22 bits per heavy atom. The van der Waals surface area contributed by atoms with Crippen molar-refractivity contribution in [3.05, 3.63) is 0 Å². The monoisotopic (exact) mass is 141 g/mol. The second-order valence-corrected chi connectivity index (χ2v) is 4.29. The highest BCUT2D eigenvalue weighted by atomic mass is 28.2. The summed E-state index contributed by atoms with van der Waals surface area (Å²) < 4.78 is 0. The lowest BCUT2D eigenvalue weighted by Crippen LogP contribution is -2.21. The quantitative estimate of drug-likeness (QED) is 0.507. The van der Waals surface area contributed by atoms with Crippen LogP contribution in [0.1, 0.15) is 25.7 Å². The van der Waals surface area contributed by atoms with Crippen molar-refractivity contribution in [1.29, 1.82) is 0 Å². The Morgan fingerprint density at radius 2 is 1.67 bits per heavy atom. The van der Waals surface area contributed by atoms with E-state index in [1.165, 1.54) is 47.3 Å². The zero-order chi connectivity index (χ0) is 6.53. The third-order valence-electron chi connectivity index (χ3n) is 1.86. The largest absolute Gasteiger partial charge is 0.328 e. The Labute approximate surface area is 59.8 Å². The van der Waals surface area contributed by atoms with Gasteiger partial charge in [0, 0.05) is 15.6 Å². The van der Waals surface area contributed by atoms with Gasteiger partial charge in [-0.25, -0.2) is 0 Å². The predicted octanol–water partition coefficient (Wildman–Crippen LogP) is 1.43. The van der Waals surface area contributed by atoms with Crippen molar-refractivity contribution in [1.82, 2.24) is 0 Å². The summed E-state index contributed by atoms with van der Waals surface area (Å²) in [6, 6.07) is 3.40. The molecule has 1 aliphatic rings. The standard InChI is InChI=1S/C7H15NSi/c8-7-3-1-5-9-6-2-4-7/h7H,1-6,8H2. The van der Waals surface area contributed by atoms with Crippen LogP contribution in [0, 0.1) is 0 Å². The smallest absolute Gasteiger partial charge is 0.0378 e. The fourth-order valence-electron chi connectivity index (χ4n) is 1.25. The van der Waals surface area contributed by atoms with Gasteiger partial charge in [0.05, 0.1) is 0 Å². The Kier molecular flexibility index (Phi) is 3.29. The van der Waals surface area contributed by atoms with Crippen molar-refractivity contribution in [2.75, 3.05) is 0 Å². The molecule has 2 radical (unpaired) electrons. The summed E-state index contributed by atoms with van der Waals surface area (Å²) in [6.45, 7) is 0. The summed E-state index contributed by atoms with van der Waals surface area (Å²) in [5.41, 5.74) is 5.81. The van der Waals surface area contributed by atoms with Gasteiger partial charge < -0.3 is 5.73 Å². The average Bonchev–Trinajstić information content (AvgIpc) is 1.79. The van der Waals surface area contributed by atoms with Gasteiger partial charge >= 0.3 is 0 Å². The fraction of sp³-hybridized carbons (Fsp3) is 1.00. The molecule has 2 N–H and O–H groups in total. The first-order valence-electron chi connectivity index (χ1n) is 3.86. The topological polar surface area (TPSA) is 26.0 Å². The molecule has 0 saturated carbocycles. The van der Waals surface area contributed by atoms with E-state index in [0.29, 0.717) is 6.04 Å². The molecule has 0 unspecified atom stereocenters. The summed E-state index contributed by atoms with van der Waals surface area (Å²) in [5, 5.41) is 0. The first-order chi connectivity index (χ1) is 4.39. The SMILES string of the molecule is NC1CCC[Si]CCC1. The Hall–Kier alpha value is 0.177. The van der Waals surface area contributed by atoms with Crippen molar-refractivity contribution in [3.63, 3.8) is 0 Å². The molecule has 1 heterocycles. The molecule has 1 nitrogen and oxygen atoms in total. The van der Waals surface area contributed by atoms with Gasteiger partial charge in [-0.2, -0.15) is 0 Å². The van der Waals surface area contributed by atoms with Gasteiger partial charge in [0.2, 0.25) is 0 Å². The second kappa shape index (κ2) is 4.07. The van der Waals surface area contributed by atoms with Crippen LogP contribution in [0.2, 0.25) is 12.1 Å². The molecule has 1 aliphatic heterocycles. The van der Waals surface area contributed by atoms with Crippen molar-refractivity contribution in [2.24, 2.45) is 5.73 Å². The molecule has 1 saturated heterocycles. The minimum Gasteiger partial charge on any atom is -0.328 e. The minimum absolute atomic E-state index is 0.523. The van der Waals surface area contributed by atoms with Crippen molar-refractivity contribution in [3.8, 4) is 0 Å². The van der Waals surface area contributed by atoms with E-state index in [4.69, 9.17) is 5.73 Å². The summed E-state index contributed by atoms with van der Waals surface area (Å²) in [6.07, 6.45) is 5.29. The first kappa shape index (κ1) is 7.29. The maximum absolute atomic E-state index is 5.81. The van der Waals surface area contributed by atoms with Crippen LogP contribution in [0.3, 0.4) is 0 Å². The minimum atomic E-state index is 0.523. The predicted molar refractivity (Wildman–Crippen MR) is 41.8 cm³/mol. The van der Waals surface area contributed by atoms with Crippen LogP contribution < -0.4 is 5.73 Å². The van der Waals surface area contributed by atoms with Crippen LogP contribution in [0.5, 0.6) is 0 Å². The van der Waals surface area contributed by atoms with E-state index < -0.39 is 0 Å². The molecule has 0 aliphatic carbocycles. The van der Waals surface area contributed by atoms with Gasteiger partial charge in [-0.05, 0) is 12.8 Å². The Morgan fingerprint density at radius 1 is 1.11 bits per heavy atom. The highest BCUT2D eigenvalue weighted by molar-refractivity contribution is 6.35. The summed E-state index contributed by atoms with van der Waals surface area (Å²) in [7, 11) is 1.22. The van der Waals surface area contributed by atoms with Gasteiger partial charge in [-0.1, -0.05) is 24.9 Å². The molecule has 0 aromatic heterocycles. The number of hydrogen-bond acceptors (Lipinski definition) is 1. The van der Waals surface area contributed by atoms with Gasteiger partial charge in [0.25, 0.3) is 0 Å². The van der Waals surface area contributed by atoms with E-state index >= 15 is 0 Å². The van der Waals surface area contributed by atoms with E-state index in [2.05, 4.69) is 0 Å². The number of rotatable bonds is 0. The highest BCUT2D eigenvalue weighted by Gasteiger charge is 2.05. The van der Waals surface area contributed by atoms with Gasteiger partial charge in [0.15, 0.2) is 0 Å². The van der Waals surface area contributed by atoms with Gasteiger partial charge in [0.1, 0.15) is 0 Å².